The van der Waals surface area contributed by atoms with E-state index >= 15 is 0 Å². The summed E-state index contributed by atoms with van der Waals surface area (Å²) in [4.78, 5) is 4.21. The van der Waals surface area contributed by atoms with Crippen LogP contribution in [-0.2, 0) is 6.54 Å². The van der Waals surface area contributed by atoms with Gasteiger partial charge < -0.3 is 0 Å². The molecule has 2 aromatic heterocycles. The van der Waals surface area contributed by atoms with E-state index in [1.165, 1.54) is 0 Å². The van der Waals surface area contributed by atoms with E-state index in [0.29, 0.717) is 11.6 Å². The Morgan fingerprint density at radius 3 is 2.86 bits per heavy atom. The monoisotopic (exact) mass is 207 g/mol. The van der Waals surface area contributed by atoms with Gasteiger partial charge in [-0.15, -0.1) is 0 Å². The van der Waals surface area contributed by atoms with Gasteiger partial charge in [0.25, 0.3) is 0 Å². The number of nitrogens with zero attached hydrogens (tertiary/aromatic N) is 3. The molecule has 0 atom stereocenters. The predicted molar refractivity (Wildman–Crippen MR) is 55.3 cm³/mol. The van der Waals surface area contributed by atoms with Crippen molar-refractivity contribution < 1.29 is 0 Å². The van der Waals surface area contributed by atoms with Gasteiger partial charge in [-0.25, -0.2) is 0 Å². The Balaban J connectivity index is 2.23. The van der Waals surface area contributed by atoms with E-state index in [0.717, 1.165) is 11.4 Å². The molecule has 0 spiro atoms. The fourth-order valence-corrected chi connectivity index (χ4v) is 1.44. The van der Waals surface area contributed by atoms with Gasteiger partial charge in [0.2, 0.25) is 0 Å². The SMILES string of the molecule is Cc1ccnn1Cc1cc(Cl)ccn1. The number of aromatic nitrogens is 3. The summed E-state index contributed by atoms with van der Waals surface area (Å²) in [7, 11) is 0. The van der Waals surface area contributed by atoms with Gasteiger partial charge in [-0.1, -0.05) is 11.6 Å². The third-order valence-corrected chi connectivity index (χ3v) is 2.25. The molecule has 0 N–H and O–H groups in total. The van der Waals surface area contributed by atoms with Crippen LogP contribution in [-0.4, -0.2) is 14.8 Å². The molecule has 14 heavy (non-hydrogen) atoms. The molecule has 2 rings (SSSR count). The second-order valence-corrected chi connectivity index (χ2v) is 3.53. The molecule has 0 bridgehead atoms. The van der Waals surface area contributed by atoms with E-state index in [1.54, 1.807) is 18.5 Å². The minimum absolute atomic E-state index is 0.666. The highest BCUT2D eigenvalue weighted by Crippen LogP contribution is 2.09. The van der Waals surface area contributed by atoms with Crippen molar-refractivity contribution >= 4 is 11.6 Å². The standard InChI is InChI=1S/C10H10ClN3/c1-8-2-5-13-14(8)7-10-6-9(11)3-4-12-10/h2-6H,7H2,1H3. The molecule has 0 aliphatic rings. The van der Waals surface area contributed by atoms with Crippen LogP contribution in [0.3, 0.4) is 0 Å². The molecule has 72 valence electrons. The van der Waals surface area contributed by atoms with Crippen LogP contribution in [0.15, 0.2) is 30.6 Å². The minimum Gasteiger partial charge on any atom is -0.264 e. The van der Waals surface area contributed by atoms with Gasteiger partial charge in [-0.2, -0.15) is 5.10 Å². The fraction of sp³-hybridized carbons (Fsp3) is 0.200. The summed E-state index contributed by atoms with van der Waals surface area (Å²) in [5.74, 6) is 0. The Bertz CT molecular complexity index is 436. The van der Waals surface area contributed by atoms with E-state index in [2.05, 4.69) is 10.1 Å². The van der Waals surface area contributed by atoms with Gasteiger partial charge in [0.05, 0.1) is 12.2 Å². The summed E-state index contributed by atoms with van der Waals surface area (Å²) in [6.45, 7) is 2.68. The second-order valence-electron chi connectivity index (χ2n) is 3.10. The highest BCUT2D eigenvalue weighted by Gasteiger charge is 2.00. The van der Waals surface area contributed by atoms with E-state index in [1.807, 2.05) is 23.7 Å². The maximum Gasteiger partial charge on any atom is 0.0834 e. The zero-order valence-electron chi connectivity index (χ0n) is 7.81. The number of aryl methyl sites for hydroxylation is 1. The average molecular weight is 208 g/mol. The van der Waals surface area contributed by atoms with E-state index in [-0.39, 0.29) is 0 Å². The molecule has 0 saturated carbocycles. The molecule has 3 nitrogen and oxygen atoms in total. The molecule has 0 unspecified atom stereocenters. The molecule has 4 heteroatoms. The molecule has 2 heterocycles. The van der Waals surface area contributed by atoms with Crippen LogP contribution < -0.4 is 0 Å². The Kier molecular flexibility index (Phi) is 2.50. The highest BCUT2D eigenvalue weighted by molar-refractivity contribution is 6.30. The fourth-order valence-electron chi connectivity index (χ4n) is 1.25. The van der Waals surface area contributed by atoms with Crippen LogP contribution in [0.1, 0.15) is 11.4 Å². The quantitative estimate of drug-likeness (QED) is 0.757. The third kappa shape index (κ3) is 1.93. The van der Waals surface area contributed by atoms with Crippen molar-refractivity contribution in [2.24, 2.45) is 0 Å². The summed E-state index contributed by atoms with van der Waals surface area (Å²) < 4.78 is 1.89. The summed E-state index contributed by atoms with van der Waals surface area (Å²) >= 11 is 5.86. The Hall–Kier alpha value is -1.35. The van der Waals surface area contributed by atoms with Gasteiger partial charge in [-0.05, 0) is 25.1 Å². The largest absolute Gasteiger partial charge is 0.264 e. The summed E-state index contributed by atoms with van der Waals surface area (Å²) in [6.07, 6.45) is 3.48. The van der Waals surface area contributed by atoms with Gasteiger partial charge in [0, 0.05) is 23.1 Å². The normalized spacial score (nSPS) is 10.4. The van der Waals surface area contributed by atoms with E-state index in [4.69, 9.17) is 11.6 Å². The first-order valence-corrected chi connectivity index (χ1v) is 4.72. The van der Waals surface area contributed by atoms with E-state index < -0.39 is 0 Å². The third-order valence-electron chi connectivity index (χ3n) is 2.02. The van der Waals surface area contributed by atoms with Crippen molar-refractivity contribution in [3.8, 4) is 0 Å². The van der Waals surface area contributed by atoms with Crippen molar-refractivity contribution in [2.45, 2.75) is 13.5 Å². The molecule has 0 aliphatic carbocycles. The van der Waals surface area contributed by atoms with Crippen LogP contribution in [0.5, 0.6) is 0 Å². The maximum absolute atomic E-state index is 5.86. The zero-order valence-corrected chi connectivity index (χ0v) is 8.57. The molecule has 0 radical (unpaired) electrons. The number of hydrogen-bond donors (Lipinski definition) is 0. The molecule has 2 aromatic rings. The van der Waals surface area contributed by atoms with Crippen LogP contribution >= 0.6 is 11.6 Å². The van der Waals surface area contributed by atoms with Crippen molar-refractivity contribution in [3.05, 3.63) is 47.0 Å². The van der Waals surface area contributed by atoms with Gasteiger partial charge >= 0.3 is 0 Å². The van der Waals surface area contributed by atoms with Gasteiger partial charge in [0.15, 0.2) is 0 Å². The molecule has 0 fully saturated rings. The first-order valence-electron chi connectivity index (χ1n) is 4.34. The lowest BCUT2D eigenvalue weighted by atomic mass is 10.3. The number of rotatable bonds is 2. The second kappa shape index (κ2) is 3.80. The highest BCUT2D eigenvalue weighted by atomic mass is 35.5. The molecular weight excluding hydrogens is 198 g/mol. The van der Waals surface area contributed by atoms with Gasteiger partial charge in [0.1, 0.15) is 0 Å². The number of pyridine rings is 1. The Morgan fingerprint density at radius 2 is 2.21 bits per heavy atom. The predicted octanol–water partition coefficient (Wildman–Crippen LogP) is 2.29. The van der Waals surface area contributed by atoms with Crippen molar-refractivity contribution in [3.63, 3.8) is 0 Å². The number of hydrogen-bond acceptors (Lipinski definition) is 2. The van der Waals surface area contributed by atoms with E-state index in [9.17, 15) is 0 Å². The molecule has 0 amide bonds. The lowest BCUT2D eigenvalue weighted by Gasteiger charge is -2.03. The Labute approximate surface area is 87.3 Å². The van der Waals surface area contributed by atoms with Crippen LogP contribution in [0.2, 0.25) is 5.02 Å². The average Bonchev–Trinajstić information content (AvgIpc) is 2.52. The maximum atomic E-state index is 5.86. The molecule has 0 aromatic carbocycles. The smallest absolute Gasteiger partial charge is 0.0834 e. The molecule has 0 aliphatic heterocycles. The lowest BCUT2D eigenvalue weighted by Crippen LogP contribution is -2.04. The summed E-state index contributed by atoms with van der Waals surface area (Å²) in [5, 5.41) is 4.88. The van der Waals surface area contributed by atoms with Crippen molar-refractivity contribution in [2.75, 3.05) is 0 Å². The van der Waals surface area contributed by atoms with Crippen LogP contribution in [0, 0.1) is 6.92 Å². The number of halogens is 1. The minimum atomic E-state index is 0.666. The van der Waals surface area contributed by atoms with Crippen LogP contribution in [0.4, 0.5) is 0 Å². The van der Waals surface area contributed by atoms with Crippen LogP contribution in [0.25, 0.3) is 0 Å². The van der Waals surface area contributed by atoms with Crippen molar-refractivity contribution in [1.29, 1.82) is 0 Å². The first kappa shape index (κ1) is 9.21. The molecular formula is C10H10ClN3. The Morgan fingerprint density at radius 1 is 1.36 bits per heavy atom. The van der Waals surface area contributed by atoms with Gasteiger partial charge in [-0.3, -0.25) is 9.67 Å². The van der Waals surface area contributed by atoms with Crippen molar-refractivity contribution in [1.82, 2.24) is 14.8 Å². The lowest BCUT2D eigenvalue weighted by molar-refractivity contribution is 0.652. The summed E-state index contributed by atoms with van der Waals surface area (Å²) in [6, 6.07) is 5.58. The topological polar surface area (TPSA) is 30.7 Å². The molecule has 0 saturated heterocycles. The summed E-state index contributed by atoms with van der Waals surface area (Å²) in [5.41, 5.74) is 2.04. The first-order chi connectivity index (χ1) is 6.75. The zero-order chi connectivity index (χ0) is 9.97.